The molecule has 0 aromatic heterocycles. The molecule has 134 valence electrons. The van der Waals surface area contributed by atoms with Crippen LogP contribution in [0.3, 0.4) is 0 Å². The average Bonchev–Trinajstić information content (AvgIpc) is 2.56. The summed E-state index contributed by atoms with van der Waals surface area (Å²) in [5, 5.41) is 3.02. The maximum Gasteiger partial charge on any atom is 0.244 e. The molecule has 25 heavy (non-hydrogen) atoms. The second-order valence-electron chi connectivity index (χ2n) is 6.89. The van der Waals surface area contributed by atoms with Crippen molar-refractivity contribution in [3.05, 3.63) is 71.5 Å². The molecule has 1 aliphatic rings. The van der Waals surface area contributed by atoms with Crippen LogP contribution in [0, 0.1) is 5.82 Å². The Bertz CT molecular complexity index is 712. The summed E-state index contributed by atoms with van der Waals surface area (Å²) >= 11 is 0. The molecule has 0 heterocycles. The molecule has 0 aliphatic heterocycles. The number of rotatable bonds is 5. The van der Waals surface area contributed by atoms with Gasteiger partial charge in [0.05, 0.1) is 0 Å². The maximum atomic E-state index is 13.2. The zero-order chi connectivity index (χ0) is 17.2. The third kappa shape index (κ3) is 3.86. The molecule has 0 bridgehead atoms. The van der Waals surface area contributed by atoms with Crippen molar-refractivity contribution in [2.24, 2.45) is 5.73 Å². The molecule has 1 fully saturated rings. The number of halogens is 2. The molecule has 3 nitrogen and oxygen atoms in total. The smallest absolute Gasteiger partial charge is 0.244 e. The van der Waals surface area contributed by atoms with Gasteiger partial charge in [-0.25, -0.2) is 4.39 Å². The van der Waals surface area contributed by atoms with Gasteiger partial charge in [-0.15, -0.1) is 12.4 Å². The second kappa shape index (κ2) is 7.54. The summed E-state index contributed by atoms with van der Waals surface area (Å²) in [6.45, 7) is 2.25. The summed E-state index contributed by atoms with van der Waals surface area (Å²) in [7, 11) is 0. The summed E-state index contributed by atoms with van der Waals surface area (Å²) in [6, 6.07) is 16.0. The summed E-state index contributed by atoms with van der Waals surface area (Å²) in [4.78, 5) is 12.6. The largest absolute Gasteiger partial charge is 0.353 e. The monoisotopic (exact) mass is 362 g/mol. The summed E-state index contributed by atoms with van der Waals surface area (Å²) in [6.07, 6.45) is 3.10. The lowest BCUT2D eigenvalue weighted by atomic mass is 9.64. The van der Waals surface area contributed by atoms with E-state index in [0.29, 0.717) is 6.54 Å². The van der Waals surface area contributed by atoms with Crippen molar-refractivity contribution in [1.29, 1.82) is 0 Å². The van der Waals surface area contributed by atoms with E-state index in [4.69, 9.17) is 5.73 Å². The van der Waals surface area contributed by atoms with E-state index in [1.807, 2.05) is 42.5 Å². The van der Waals surface area contributed by atoms with Crippen molar-refractivity contribution in [2.75, 3.05) is 6.54 Å². The van der Waals surface area contributed by atoms with Gasteiger partial charge in [0.2, 0.25) is 5.91 Å². The average molecular weight is 363 g/mol. The quantitative estimate of drug-likeness (QED) is 0.852. The van der Waals surface area contributed by atoms with Gasteiger partial charge in [0.15, 0.2) is 0 Å². The minimum Gasteiger partial charge on any atom is -0.353 e. The fourth-order valence-electron chi connectivity index (χ4n) is 3.32. The molecule has 2 aromatic rings. The van der Waals surface area contributed by atoms with Crippen LogP contribution >= 0.6 is 12.4 Å². The fraction of sp³-hybridized carbons (Fsp3) is 0.350. The number of nitrogens with one attached hydrogen (secondary N) is 1. The third-order valence-electron chi connectivity index (χ3n) is 5.20. The highest BCUT2D eigenvalue weighted by Gasteiger charge is 2.40. The van der Waals surface area contributed by atoms with E-state index in [1.165, 1.54) is 12.1 Å². The third-order valence-corrected chi connectivity index (χ3v) is 5.20. The first kappa shape index (κ1) is 19.4. The van der Waals surface area contributed by atoms with E-state index in [-0.39, 0.29) is 29.5 Å². The van der Waals surface area contributed by atoms with E-state index >= 15 is 0 Å². The van der Waals surface area contributed by atoms with Crippen LogP contribution < -0.4 is 11.1 Å². The second-order valence-corrected chi connectivity index (χ2v) is 6.89. The van der Waals surface area contributed by atoms with Crippen LogP contribution in [0.4, 0.5) is 4.39 Å². The standard InChI is InChI=1S/C20H23FN2O.ClH/c1-19(22,15-6-3-2-4-7-15)18(24)23-14-20(12-5-13-20)16-8-10-17(21)11-9-16;/h2-4,6-11H,5,12-14,22H2,1H3,(H,23,24);1H. The minimum atomic E-state index is -1.07. The van der Waals surface area contributed by atoms with Crippen molar-refractivity contribution >= 4 is 18.3 Å². The number of carbonyl (C=O) groups excluding carboxylic acids is 1. The van der Waals surface area contributed by atoms with Crippen LogP contribution in [0.1, 0.15) is 37.3 Å². The molecule has 1 atom stereocenters. The molecular formula is C20H24ClFN2O. The van der Waals surface area contributed by atoms with Gasteiger partial charge in [-0.1, -0.05) is 48.9 Å². The Labute approximate surface area is 154 Å². The first-order chi connectivity index (χ1) is 11.4. The molecular weight excluding hydrogens is 339 g/mol. The molecule has 0 radical (unpaired) electrons. The topological polar surface area (TPSA) is 55.1 Å². The normalized spacial score (nSPS) is 17.6. The molecule has 3 rings (SSSR count). The molecule has 1 aliphatic carbocycles. The predicted octanol–water partition coefficient (Wildman–Crippen LogP) is 3.66. The highest BCUT2D eigenvalue weighted by molar-refractivity contribution is 5.87. The lowest BCUT2D eigenvalue weighted by molar-refractivity contribution is -0.126. The lowest BCUT2D eigenvalue weighted by Crippen LogP contribution is -2.53. The van der Waals surface area contributed by atoms with E-state index in [9.17, 15) is 9.18 Å². The summed E-state index contributed by atoms with van der Waals surface area (Å²) in [5.41, 5.74) is 6.95. The zero-order valence-corrected chi connectivity index (χ0v) is 15.1. The zero-order valence-electron chi connectivity index (χ0n) is 14.3. The van der Waals surface area contributed by atoms with E-state index < -0.39 is 5.54 Å². The molecule has 3 N–H and O–H groups in total. The predicted molar refractivity (Wildman–Crippen MR) is 100 cm³/mol. The Hall–Kier alpha value is -1.91. The Morgan fingerprint density at radius 3 is 2.28 bits per heavy atom. The lowest BCUT2D eigenvalue weighted by Gasteiger charge is -2.43. The highest BCUT2D eigenvalue weighted by Crippen LogP contribution is 2.43. The first-order valence-electron chi connectivity index (χ1n) is 8.33. The van der Waals surface area contributed by atoms with Gasteiger partial charge in [-0.3, -0.25) is 4.79 Å². The molecule has 0 spiro atoms. The molecule has 1 amide bonds. The van der Waals surface area contributed by atoms with Gasteiger partial charge >= 0.3 is 0 Å². The number of nitrogens with two attached hydrogens (primary N) is 1. The highest BCUT2D eigenvalue weighted by atomic mass is 35.5. The number of amides is 1. The van der Waals surface area contributed by atoms with Crippen molar-refractivity contribution in [1.82, 2.24) is 5.32 Å². The molecule has 0 saturated heterocycles. The Morgan fingerprint density at radius 2 is 1.76 bits per heavy atom. The van der Waals surface area contributed by atoms with Crippen LogP contribution in [-0.4, -0.2) is 12.5 Å². The van der Waals surface area contributed by atoms with Gasteiger partial charge in [-0.05, 0) is 43.0 Å². The molecule has 5 heteroatoms. The van der Waals surface area contributed by atoms with Crippen LogP contribution in [0.5, 0.6) is 0 Å². The fourth-order valence-corrected chi connectivity index (χ4v) is 3.32. The maximum absolute atomic E-state index is 13.2. The van der Waals surface area contributed by atoms with Crippen LogP contribution in [0.15, 0.2) is 54.6 Å². The van der Waals surface area contributed by atoms with Crippen LogP contribution in [0.2, 0.25) is 0 Å². The van der Waals surface area contributed by atoms with Crippen molar-refractivity contribution < 1.29 is 9.18 Å². The van der Waals surface area contributed by atoms with E-state index in [1.54, 1.807) is 6.92 Å². The Morgan fingerprint density at radius 1 is 1.16 bits per heavy atom. The summed E-state index contributed by atoms with van der Waals surface area (Å²) < 4.78 is 13.2. The van der Waals surface area contributed by atoms with Crippen LogP contribution in [0.25, 0.3) is 0 Å². The van der Waals surface area contributed by atoms with Crippen molar-refractivity contribution in [3.63, 3.8) is 0 Å². The molecule has 2 aromatic carbocycles. The number of carbonyl (C=O) groups is 1. The van der Waals surface area contributed by atoms with Crippen molar-refractivity contribution in [3.8, 4) is 0 Å². The van der Waals surface area contributed by atoms with E-state index in [0.717, 1.165) is 30.4 Å². The van der Waals surface area contributed by atoms with E-state index in [2.05, 4.69) is 5.32 Å². The Kier molecular flexibility index (Phi) is 5.86. The van der Waals surface area contributed by atoms with Gasteiger partial charge < -0.3 is 11.1 Å². The first-order valence-corrected chi connectivity index (χ1v) is 8.33. The number of hydrogen-bond acceptors (Lipinski definition) is 2. The minimum absolute atomic E-state index is 0. The van der Waals surface area contributed by atoms with Crippen LogP contribution in [-0.2, 0) is 15.7 Å². The van der Waals surface area contributed by atoms with Gasteiger partial charge in [-0.2, -0.15) is 0 Å². The Balaban J connectivity index is 0.00000225. The summed E-state index contributed by atoms with van der Waals surface area (Å²) in [5.74, 6) is -0.432. The van der Waals surface area contributed by atoms with Crippen molar-refractivity contribution in [2.45, 2.75) is 37.1 Å². The van der Waals surface area contributed by atoms with Gasteiger partial charge in [0.1, 0.15) is 11.4 Å². The SMILES string of the molecule is CC(N)(C(=O)NCC1(c2ccc(F)cc2)CCC1)c1ccccc1.Cl. The molecule has 1 saturated carbocycles. The van der Waals surface area contributed by atoms with Gasteiger partial charge in [0.25, 0.3) is 0 Å². The van der Waals surface area contributed by atoms with Gasteiger partial charge in [0, 0.05) is 12.0 Å². The number of benzene rings is 2. The number of hydrogen-bond donors (Lipinski definition) is 2. The molecule has 1 unspecified atom stereocenters.